The summed E-state index contributed by atoms with van der Waals surface area (Å²) >= 11 is 0. The number of amides is 1. The minimum atomic E-state index is 0.190. The summed E-state index contributed by atoms with van der Waals surface area (Å²) < 4.78 is 0. The van der Waals surface area contributed by atoms with Crippen LogP contribution in [0.2, 0.25) is 0 Å². The molecule has 3 nitrogen and oxygen atoms in total. The van der Waals surface area contributed by atoms with Crippen LogP contribution in [0.4, 0.5) is 0 Å². The van der Waals surface area contributed by atoms with E-state index in [0.29, 0.717) is 12.6 Å². The highest BCUT2D eigenvalue weighted by Crippen LogP contribution is 2.28. The Kier molecular flexibility index (Phi) is 4.97. The number of hydrogen-bond acceptors (Lipinski definition) is 2. The lowest BCUT2D eigenvalue weighted by Crippen LogP contribution is -2.34. The number of nitrogens with two attached hydrogens (primary N) is 1. The van der Waals surface area contributed by atoms with Gasteiger partial charge in [-0.05, 0) is 49.9 Å². The molecular formula is C16H24N2O. The van der Waals surface area contributed by atoms with Crippen molar-refractivity contribution >= 4 is 5.91 Å². The summed E-state index contributed by atoms with van der Waals surface area (Å²) in [5.74, 6) is 0.190. The molecule has 104 valence electrons. The first-order chi connectivity index (χ1) is 9.26. The van der Waals surface area contributed by atoms with E-state index >= 15 is 0 Å². The molecule has 0 atom stereocenters. The molecule has 0 aliphatic heterocycles. The summed E-state index contributed by atoms with van der Waals surface area (Å²) in [6, 6.07) is 8.40. The standard InChI is InChI=1S/C16H24N2O/c1-2-3-12-18(15-8-9-15)16(19)14-6-4-13(5-7-14)10-11-17/h4-7,15H,2-3,8-12,17H2,1H3. The molecule has 0 aromatic heterocycles. The van der Waals surface area contributed by atoms with E-state index in [0.717, 1.165) is 31.4 Å². The zero-order chi connectivity index (χ0) is 13.7. The Labute approximate surface area is 115 Å². The van der Waals surface area contributed by atoms with Gasteiger partial charge in [-0.15, -0.1) is 0 Å². The predicted octanol–water partition coefficient (Wildman–Crippen LogP) is 2.59. The molecule has 0 unspecified atom stereocenters. The molecular weight excluding hydrogens is 236 g/mol. The topological polar surface area (TPSA) is 46.3 Å². The average molecular weight is 260 g/mol. The maximum atomic E-state index is 12.5. The highest BCUT2D eigenvalue weighted by molar-refractivity contribution is 5.94. The number of carbonyl (C=O) groups is 1. The van der Waals surface area contributed by atoms with Crippen LogP contribution in [0.25, 0.3) is 0 Å². The minimum absolute atomic E-state index is 0.190. The molecule has 3 heteroatoms. The highest BCUT2D eigenvalue weighted by atomic mass is 16.2. The molecule has 0 heterocycles. The van der Waals surface area contributed by atoms with Crippen LogP contribution in [0.3, 0.4) is 0 Å². The van der Waals surface area contributed by atoms with Gasteiger partial charge in [-0.2, -0.15) is 0 Å². The van der Waals surface area contributed by atoms with Gasteiger partial charge in [0.05, 0.1) is 0 Å². The van der Waals surface area contributed by atoms with Gasteiger partial charge in [0.25, 0.3) is 5.91 Å². The fourth-order valence-electron chi connectivity index (χ4n) is 2.31. The van der Waals surface area contributed by atoms with E-state index in [1.807, 2.05) is 24.3 Å². The molecule has 2 rings (SSSR count). The van der Waals surface area contributed by atoms with Crippen LogP contribution in [0.5, 0.6) is 0 Å². The number of nitrogens with zero attached hydrogens (tertiary/aromatic N) is 1. The Bertz CT molecular complexity index is 409. The van der Waals surface area contributed by atoms with Crippen molar-refractivity contribution in [3.63, 3.8) is 0 Å². The van der Waals surface area contributed by atoms with Crippen molar-refractivity contribution in [2.75, 3.05) is 13.1 Å². The van der Waals surface area contributed by atoms with Crippen molar-refractivity contribution in [1.82, 2.24) is 4.90 Å². The maximum Gasteiger partial charge on any atom is 0.254 e. The number of hydrogen-bond donors (Lipinski definition) is 1. The molecule has 1 fully saturated rings. The Hall–Kier alpha value is -1.35. The average Bonchev–Trinajstić information content (AvgIpc) is 3.25. The van der Waals surface area contributed by atoms with Gasteiger partial charge in [-0.3, -0.25) is 4.79 Å². The third kappa shape index (κ3) is 3.80. The zero-order valence-electron chi connectivity index (χ0n) is 11.8. The second-order valence-corrected chi connectivity index (χ2v) is 5.32. The van der Waals surface area contributed by atoms with Gasteiger partial charge in [0.2, 0.25) is 0 Å². The Balaban J connectivity index is 2.03. The summed E-state index contributed by atoms with van der Waals surface area (Å²) in [4.78, 5) is 14.6. The molecule has 1 saturated carbocycles. The third-order valence-electron chi connectivity index (χ3n) is 3.63. The van der Waals surface area contributed by atoms with E-state index in [4.69, 9.17) is 5.73 Å². The first-order valence-electron chi connectivity index (χ1n) is 7.36. The predicted molar refractivity (Wildman–Crippen MR) is 78.2 cm³/mol. The van der Waals surface area contributed by atoms with E-state index in [1.54, 1.807) is 0 Å². The Morgan fingerprint density at radius 2 is 2.00 bits per heavy atom. The van der Waals surface area contributed by atoms with E-state index in [1.165, 1.54) is 18.4 Å². The summed E-state index contributed by atoms with van der Waals surface area (Å²) in [6.45, 7) is 3.71. The first-order valence-corrected chi connectivity index (χ1v) is 7.36. The van der Waals surface area contributed by atoms with Crippen molar-refractivity contribution in [2.24, 2.45) is 5.73 Å². The Morgan fingerprint density at radius 3 is 2.53 bits per heavy atom. The van der Waals surface area contributed by atoms with Crippen LogP contribution in [0.1, 0.15) is 48.5 Å². The number of unbranched alkanes of at least 4 members (excludes halogenated alkanes) is 1. The lowest BCUT2D eigenvalue weighted by molar-refractivity contribution is 0.0740. The molecule has 0 bridgehead atoms. The molecule has 1 aliphatic carbocycles. The molecule has 2 N–H and O–H groups in total. The van der Waals surface area contributed by atoms with Crippen molar-refractivity contribution in [3.8, 4) is 0 Å². The maximum absolute atomic E-state index is 12.5. The number of carbonyl (C=O) groups excluding carboxylic acids is 1. The van der Waals surface area contributed by atoms with Gasteiger partial charge in [-0.25, -0.2) is 0 Å². The fourth-order valence-corrected chi connectivity index (χ4v) is 2.31. The normalized spacial score (nSPS) is 14.4. The highest BCUT2D eigenvalue weighted by Gasteiger charge is 2.32. The van der Waals surface area contributed by atoms with E-state index in [2.05, 4.69) is 11.8 Å². The van der Waals surface area contributed by atoms with Crippen molar-refractivity contribution in [2.45, 2.75) is 45.1 Å². The largest absolute Gasteiger partial charge is 0.336 e. The smallest absolute Gasteiger partial charge is 0.254 e. The molecule has 1 amide bonds. The van der Waals surface area contributed by atoms with Gasteiger partial charge in [0.15, 0.2) is 0 Å². The fraction of sp³-hybridized carbons (Fsp3) is 0.562. The Morgan fingerprint density at radius 1 is 1.32 bits per heavy atom. The molecule has 1 aromatic rings. The SMILES string of the molecule is CCCCN(C(=O)c1ccc(CCN)cc1)C1CC1. The molecule has 0 saturated heterocycles. The van der Waals surface area contributed by atoms with Crippen LogP contribution in [-0.2, 0) is 6.42 Å². The first kappa shape index (κ1) is 14.1. The van der Waals surface area contributed by atoms with Gasteiger partial charge >= 0.3 is 0 Å². The van der Waals surface area contributed by atoms with Crippen molar-refractivity contribution in [1.29, 1.82) is 0 Å². The minimum Gasteiger partial charge on any atom is -0.336 e. The van der Waals surface area contributed by atoms with Gasteiger partial charge in [-0.1, -0.05) is 25.5 Å². The monoisotopic (exact) mass is 260 g/mol. The zero-order valence-corrected chi connectivity index (χ0v) is 11.8. The second kappa shape index (κ2) is 6.71. The van der Waals surface area contributed by atoms with Crippen LogP contribution in [-0.4, -0.2) is 29.9 Å². The quantitative estimate of drug-likeness (QED) is 0.819. The van der Waals surface area contributed by atoms with Gasteiger partial charge < -0.3 is 10.6 Å². The van der Waals surface area contributed by atoms with Gasteiger partial charge in [0, 0.05) is 18.2 Å². The lowest BCUT2D eigenvalue weighted by Gasteiger charge is -2.22. The van der Waals surface area contributed by atoms with E-state index < -0.39 is 0 Å². The molecule has 0 spiro atoms. The summed E-state index contributed by atoms with van der Waals surface area (Å²) in [6.07, 6.45) is 5.43. The van der Waals surface area contributed by atoms with Crippen LogP contribution in [0.15, 0.2) is 24.3 Å². The van der Waals surface area contributed by atoms with Crippen LogP contribution >= 0.6 is 0 Å². The summed E-state index contributed by atoms with van der Waals surface area (Å²) in [7, 11) is 0. The van der Waals surface area contributed by atoms with Gasteiger partial charge in [0.1, 0.15) is 0 Å². The summed E-state index contributed by atoms with van der Waals surface area (Å²) in [5, 5.41) is 0. The molecule has 0 radical (unpaired) electrons. The van der Waals surface area contributed by atoms with Crippen LogP contribution in [0, 0.1) is 0 Å². The summed E-state index contributed by atoms with van der Waals surface area (Å²) in [5.41, 5.74) is 7.54. The number of rotatable bonds is 7. The van der Waals surface area contributed by atoms with Crippen molar-refractivity contribution in [3.05, 3.63) is 35.4 Å². The molecule has 1 aliphatic rings. The van der Waals surface area contributed by atoms with Crippen molar-refractivity contribution < 1.29 is 4.79 Å². The van der Waals surface area contributed by atoms with Crippen LogP contribution < -0.4 is 5.73 Å². The van der Waals surface area contributed by atoms with E-state index in [9.17, 15) is 4.79 Å². The lowest BCUT2D eigenvalue weighted by atomic mass is 10.1. The second-order valence-electron chi connectivity index (χ2n) is 5.32. The molecule has 19 heavy (non-hydrogen) atoms. The van der Waals surface area contributed by atoms with E-state index in [-0.39, 0.29) is 5.91 Å². The third-order valence-corrected chi connectivity index (χ3v) is 3.63. The number of benzene rings is 1. The molecule has 1 aromatic carbocycles.